The number of benzene rings is 2. The molecule has 0 radical (unpaired) electrons. The number of rotatable bonds is 8. The number of ether oxygens (including phenoxy) is 2. The van der Waals surface area contributed by atoms with Crippen molar-refractivity contribution < 1.29 is 14.3 Å². The lowest BCUT2D eigenvalue weighted by atomic mass is 10.2. The summed E-state index contributed by atoms with van der Waals surface area (Å²) in [4.78, 5) is 21.1. The summed E-state index contributed by atoms with van der Waals surface area (Å²) in [6.07, 6.45) is 0. The highest BCUT2D eigenvalue weighted by atomic mass is 16.5. The third-order valence-corrected chi connectivity index (χ3v) is 4.08. The van der Waals surface area contributed by atoms with Gasteiger partial charge in [-0.15, -0.1) is 0 Å². The first-order valence-electron chi connectivity index (χ1n) is 9.28. The van der Waals surface area contributed by atoms with Crippen LogP contribution in [0, 0.1) is 13.8 Å². The molecule has 29 heavy (non-hydrogen) atoms. The highest BCUT2D eigenvalue weighted by molar-refractivity contribution is 5.95. The van der Waals surface area contributed by atoms with E-state index in [-0.39, 0.29) is 5.91 Å². The maximum Gasteiger partial charge on any atom is 0.251 e. The second-order valence-electron chi connectivity index (χ2n) is 6.46. The summed E-state index contributed by atoms with van der Waals surface area (Å²) in [7, 11) is 1.62. The molecule has 0 aliphatic heterocycles. The zero-order chi connectivity index (χ0) is 20.6. The fourth-order valence-electron chi connectivity index (χ4n) is 2.76. The number of anilines is 2. The van der Waals surface area contributed by atoms with Crippen LogP contribution in [0.5, 0.6) is 11.5 Å². The molecule has 3 rings (SSSR count). The molecule has 0 aliphatic carbocycles. The van der Waals surface area contributed by atoms with Crippen LogP contribution in [0.25, 0.3) is 0 Å². The van der Waals surface area contributed by atoms with Crippen molar-refractivity contribution in [3.63, 3.8) is 0 Å². The molecular formula is C22H24N4O3. The Hall–Kier alpha value is -3.61. The van der Waals surface area contributed by atoms with Crippen molar-refractivity contribution in [2.24, 2.45) is 0 Å². The molecule has 0 unspecified atom stereocenters. The maximum absolute atomic E-state index is 12.4. The van der Waals surface area contributed by atoms with Crippen LogP contribution in [0.1, 0.15) is 21.7 Å². The zero-order valence-electron chi connectivity index (χ0n) is 16.7. The van der Waals surface area contributed by atoms with Crippen LogP contribution in [0.3, 0.4) is 0 Å². The van der Waals surface area contributed by atoms with E-state index in [1.54, 1.807) is 19.2 Å². The standard InChI is InChI=1S/C22H24N4O3/c1-15-13-16(2)25-22(24-15)26-18-6-4-5-17(14-18)21(27)23-11-12-29-20-9-7-19(28-3)8-10-20/h4-10,13-14H,11-12H2,1-3H3,(H,23,27)(H,24,25,26). The van der Waals surface area contributed by atoms with E-state index in [4.69, 9.17) is 9.47 Å². The van der Waals surface area contributed by atoms with E-state index < -0.39 is 0 Å². The largest absolute Gasteiger partial charge is 0.497 e. The van der Waals surface area contributed by atoms with Crippen molar-refractivity contribution in [1.82, 2.24) is 15.3 Å². The topological polar surface area (TPSA) is 85.4 Å². The van der Waals surface area contributed by atoms with Gasteiger partial charge in [0, 0.05) is 22.6 Å². The van der Waals surface area contributed by atoms with Gasteiger partial charge in [0.05, 0.1) is 13.7 Å². The van der Waals surface area contributed by atoms with E-state index in [1.807, 2.05) is 56.3 Å². The van der Waals surface area contributed by atoms with E-state index in [1.165, 1.54) is 0 Å². The Morgan fingerprint density at radius 1 is 0.966 bits per heavy atom. The Labute approximate surface area is 170 Å². The summed E-state index contributed by atoms with van der Waals surface area (Å²) in [5.41, 5.74) is 3.05. The second-order valence-corrected chi connectivity index (χ2v) is 6.46. The zero-order valence-corrected chi connectivity index (χ0v) is 16.7. The number of nitrogens with one attached hydrogen (secondary N) is 2. The van der Waals surface area contributed by atoms with E-state index in [0.29, 0.717) is 24.7 Å². The Kier molecular flexibility index (Phi) is 6.63. The molecule has 3 aromatic rings. The highest BCUT2D eigenvalue weighted by Crippen LogP contribution is 2.17. The predicted octanol–water partition coefficient (Wildman–Crippen LogP) is 3.65. The highest BCUT2D eigenvalue weighted by Gasteiger charge is 2.07. The predicted molar refractivity (Wildman–Crippen MR) is 112 cm³/mol. The van der Waals surface area contributed by atoms with Crippen LogP contribution in [-0.4, -0.2) is 36.1 Å². The van der Waals surface area contributed by atoms with Gasteiger partial charge in [0.2, 0.25) is 5.95 Å². The molecule has 150 valence electrons. The molecule has 1 heterocycles. The molecule has 0 fully saturated rings. The molecule has 1 amide bonds. The van der Waals surface area contributed by atoms with Crippen molar-refractivity contribution in [2.75, 3.05) is 25.6 Å². The van der Waals surface area contributed by atoms with Crippen molar-refractivity contribution in [2.45, 2.75) is 13.8 Å². The fraction of sp³-hybridized carbons (Fsp3) is 0.227. The lowest BCUT2D eigenvalue weighted by Crippen LogP contribution is -2.28. The molecule has 0 aliphatic rings. The summed E-state index contributed by atoms with van der Waals surface area (Å²) in [5, 5.41) is 6.00. The number of hydrogen-bond acceptors (Lipinski definition) is 6. The van der Waals surface area contributed by atoms with Crippen molar-refractivity contribution in [3.8, 4) is 11.5 Å². The first-order chi connectivity index (χ1) is 14.0. The second kappa shape index (κ2) is 9.54. The summed E-state index contributed by atoms with van der Waals surface area (Å²) >= 11 is 0. The molecule has 0 saturated carbocycles. The van der Waals surface area contributed by atoms with E-state index in [9.17, 15) is 4.79 Å². The van der Waals surface area contributed by atoms with E-state index in [0.717, 1.165) is 28.6 Å². The van der Waals surface area contributed by atoms with Crippen molar-refractivity contribution in [1.29, 1.82) is 0 Å². The third-order valence-electron chi connectivity index (χ3n) is 4.08. The molecule has 0 spiro atoms. The minimum Gasteiger partial charge on any atom is -0.497 e. The molecule has 0 bridgehead atoms. The molecule has 0 saturated heterocycles. The summed E-state index contributed by atoms with van der Waals surface area (Å²) < 4.78 is 10.7. The number of methoxy groups -OCH3 is 1. The number of aromatic nitrogens is 2. The maximum atomic E-state index is 12.4. The Morgan fingerprint density at radius 3 is 2.34 bits per heavy atom. The van der Waals surface area contributed by atoms with Gasteiger partial charge in [0.15, 0.2) is 0 Å². The lowest BCUT2D eigenvalue weighted by molar-refractivity contribution is 0.0947. The number of amides is 1. The Morgan fingerprint density at radius 2 is 1.66 bits per heavy atom. The molecular weight excluding hydrogens is 368 g/mol. The molecule has 7 heteroatoms. The number of aryl methyl sites for hydroxylation is 2. The van der Waals surface area contributed by atoms with Crippen LogP contribution in [0.15, 0.2) is 54.6 Å². The lowest BCUT2D eigenvalue weighted by Gasteiger charge is -2.10. The van der Waals surface area contributed by atoms with E-state index >= 15 is 0 Å². The van der Waals surface area contributed by atoms with Crippen LogP contribution >= 0.6 is 0 Å². The molecule has 7 nitrogen and oxygen atoms in total. The number of nitrogens with zero attached hydrogens (tertiary/aromatic N) is 2. The summed E-state index contributed by atoms with van der Waals surface area (Å²) in [6, 6.07) is 16.4. The average molecular weight is 392 g/mol. The van der Waals surface area contributed by atoms with Gasteiger partial charge in [-0.2, -0.15) is 0 Å². The number of hydrogen-bond donors (Lipinski definition) is 2. The fourth-order valence-corrected chi connectivity index (χ4v) is 2.76. The van der Waals surface area contributed by atoms with Crippen LogP contribution in [0.4, 0.5) is 11.6 Å². The quantitative estimate of drug-likeness (QED) is 0.569. The minimum atomic E-state index is -0.173. The first-order valence-corrected chi connectivity index (χ1v) is 9.28. The Balaban J connectivity index is 1.52. The smallest absolute Gasteiger partial charge is 0.251 e. The number of carbonyl (C=O) groups is 1. The van der Waals surface area contributed by atoms with Gasteiger partial charge < -0.3 is 20.1 Å². The molecule has 2 N–H and O–H groups in total. The van der Waals surface area contributed by atoms with Gasteiger partial charge in [0.1, 0.15) is 18.1 Å². The van der Waals surface area contributed by atoms with Gasteiger partial charge in [-0.1, -0.05) is 6.07 Å². The Bertz CT molecular complexity index is 954. The van der Waals surface area contributed by atoms with Crippen molar-refractivity contribution >= 4 is 17.5 Å². The average Bonchev–Trinajstić information content (AvgIpc) is 2.71. The van der Waals surface area contributed by atoms with Crippen LogP contribution < -0.4 is 20.1 Å². The molecule has 2 aromatic carbocycles. The first kappa shape index (κ1) is 20.1. The summed E-state index contributed by atoms with van der Waals surface area (Å²) in [6.45, 7) is 4.59. The van der Waals surface area contributed by atoms with Crippen LogP contribution in [-0.2, 0) is 0 Å². The SMILES string of the molecule is COc1ccc(OCCNC(=O)c2cccc(Nc3nc(C)cc(C)n3)c2)cc1. The monoisotopic (exact) mass is 392 g/mol. The van der Waals surface area contributed by atoms with Gasteiger partial charge in [-0.05, 0) is 62.4 Å². The van der Waals surface area contributed by atoms with Gasteiger partial charge >= 0.3 is 0 Å². The van der Waals surface area contributed by atoms with Gasteiger partial charge in [-0.3, -0.25) is 4.79 Å². The summed E-state index contributed by atoms with van der Waals surface area (Å²) in [5.74, 6) is 1.83. The minimum absolute atomic E-state index is 0.173. The molecule has 1 aromatic heterocycles. The van der Waals surface area contributed by atoms with Crippen LogP contribution in [0.2, 0.25) is 0 Å². The van der Waals surface area contributed by atoms with Gasteiger partial charge in [-0.25, -0.2) is 9.97 Å². The molecule has 0 atom stereocenters. The normalized spacial score (nSPS) is 10.3. The third kappa shape index (κ3) is 5.93. The van der Waals surface area contributed by atoms with E-state index in [2.05, 4.69) is 20.6 Å². The van der Waals surface area contributed by atoms with Gasteiger partial charge in [0.25, 0.3) is 5.91 Å². The van der Waals surface area contributed by atoms with Crippen molar-refractivity contribution in [3.05, 3.63) is 71.5 Å². The number of carbonyl (C=O) groups excluding carboxylic acids is 1.